The van der Waals surface area contributed by atoms with E-state index in [2.05, 4.69) is 36.3 Å². The van der Waals surface area contributed by atoms with Crippen molar-refractivity contribution >= 4 is 5.91 Å². The maximum Gasteiger partial charge on any atom is 0.269 e. The van der Waals surface area contributed by atoms with Crippen LogP contribution in [0.2, 0.25) is 0 Å². The highest BCUT2D eigenvalue weighted by molar-refractivity contribution is 5.92. The smallest absolute Gasteiger partial charge is 0.269 e. The molecule has 1 saturated carbocycles. The van der Waals surface area contributed by atoms with Gasteiger partial charge in [0.1, 0.15) is 5.69 Å². The van der Waals surface area contributed by atoms with E-state index in [-0.39, 0.29) is 11.4 Å². The van der Waals surface area contributed by atoms with Gasteiger partial charge in [-0.2, -0.15) is 10.2 Å². The first-order valence-corrected chi connectivity index (χ1v) is 8.22. The summed E-state index contributed by atoms with van der Waals surface area (Å²) in [6.07, 6.45) is 6.15. The minimum Gasteiger partial charge on any atom is -0.349 e. The van der Waals surface area contributed by atoms with Gasteiger partial charge < -0.3 is 5.32 Å². The number of hydrogen-bond acceptors (Lipinski definition) is 3. The van der Waals surface area contributed by atoms with Crippen LogP contribution in [-0.2, 0) is 12.1 Å². The quantitative estimate of drug-likeness (QED) is 0.921. The second-order valence-electron chi connectivity index (χ2n) is 7.35. The van der Waals surface area contributed by atoms with Gasteiger partial charge in [-0.05, 0) is 52.2 Å². The highest BCUT2D eigenvalue weighted by atomic mass is 16.2. The number of hydrogen-bond donors (Lipinski definition) is 1. The average Bonchev–Trinajstić information content (AvgIpc) is 3.06. The molecule has 1 fully saturated rings. The molecule has 2 aromatic rings. The van der Waals surface area contributed by atoms with Crippen molar-refractivity contribution in [3.63, 3.8) is 0 Å². The average molecular weight is 315 g/mol. The van der Waals surface area contributed by atoms with E-state index >= 15 is 0 Å². The number of nitrogens with zero attached hydrogens (tertiary/aromatic N) is 4. The Morgan fingerprint density at radius 2 is 2.13 bits per heavy atom. The van der Waals surface area contributed by atoms with Crippen molar-refractivity contribution in [1.82, 2.24) is 24.9 Å². The van der Waals surface area contributed by atoms with Crippen LogP contribution in [0.5, 0.6) is 0 Å². The molecule has 0 saturated heterocycles. The van der Waals surface area contributed by atoms with Crippen LogP contribution in [0.25, 0.3) is 0 Å². The van der Waals surface area contributed by atoms with E-state index in [0.29, 0.717) is 24.7 Å². The molecule has 3 rings (SSSR count). The molecule has 0 radical (unpaired) electrons. The summed E-state index contributed by atoms with van der Waals surface area (Å²) in [6, 6.07) is 1.95. The first-order valence-electron chi connectivity index (χ1n) is 8.22. The molecule has 124 valence electrons. The van der Waals surface area contributed by atoms with Crippen LogP contribution >= 0.6 is 0 Å². The summed E-state index contributed by atoms with van der Waals surface area (Å²) in [5.74, 6) is 0.473. The molecule has 1 aliphatic carbocycles. The topological polar surface area (TPSA) is 64.7 Å². The fraction of sp³-hybridized carbons (Fsp3) is 0.588. The molecule has 6 heteroatoms. The largest absolute Gasteiger partial charge is 0.349 e. The number of rotatable bonds is 5. The van der Waals surface area contributed by atoms with Crippen molar-refractivity contribution < 1.29 is 4.79 Å². The van der Waals surface area contributed by atoms with Gasteiger partial charge in [-0.3, -0.25) is 14.2 Å². The molecular formula is C17H25N5O. The Labute approximate surface area is 136 Å². The van der Waals surface area contributed by atoms with Gasteiger partial charge in [-0.1, -0.05) is 0 Å². The predicted octanol–water partition coefficient (Wildman–Crippen LogP) is 2.45. The van der Waals surface area contributed by atoms with Crippen molar-refractivity contribution in [3.8, 4) is 0 Å². The lowest BCUT2D eigenvalue weighted by Crippen LogP contribution is -2.33. The molecule has 1 aliphatic rings. The number of carbonyl (C=O) groups excluding carboxylic acids is 1. The number of aryl methyl sites for hydroxylation is 1. The van der Waals surface area contributed by atoms with Crippen LogP contribution in [0.3, 0.4) is 0 Å². The number of carbonyl (C=O) groups is 1. The zero-order valence-corrected chi connectivity index (χ0v) is 14.3. The Hall–Kier alpha value is -2.11. The van der Waals surface area contributed by atoms with Crippen LogP contribution in [-0.4, -0.2) is 32.0 Å². The monoisotopic (exact) mass is 315 g/mol. The minimum absolute atomic E-state index is 0.0665. The van der Waals surface area contributed by atoms with Gasteiger partial charge in [-0.25, -0.2) is 0 Å². The van der Waals surface area contributed by atoms with Crippen molar-refractivity contribution in [2.45, 2.75) is 58.5 Å². The lowest BCUT2D eigenvalue weighted by molar-refractivity contribution is 0.0933. The fourth-order valence-corrected chi connectivity index (χ4v) is 2.61. The molecule has 23 heavy (non-hydrogen) atoms. The number of amides is 1. The van der Waals surface area contributed by atoms with Crippen LogP contribution in [0.15, 0.2) is 18.5 Å². The Morgan fingerprint density at radius 1 is 1.39 bits per heavy atom. The van der Waals surface area contributed by atoms with E-state index < -0.39 is 0 Å². The maximum atomic E-state index is 12.6. The zero-order valence-electron chi connectivity index (χ0n) is 14.3. The van der Waals surface area contributed by atoms with Gasteiger partial charge in [0, 0.05) is 18.7 Å². The third-order valence-electron chi connectivity index (χ3n) is 3.98. The third-order valence-corrected chi connectivity index (χ3v) is 3.98. The molecule has 1 N–H and O–H groups in total. The number of aromatic nitrogens is 4. The van der Waals surface area contributed by atoms with Crippen LogP contribution in [0, 0.1) is 6.92 Å². The summed E-state index contributed by atoms with van der Waals surface area (Å²) >= 11 is 0. The van der Waals surface area contributed by atoms with Crippen molar-refractivity contribution in [2.24, 2.45) is 0 Å². The molecular weight excluding hydrogens is 290 g/mol. The molecule has 0 spiro atoms. The van der Waals surface area contributed by atoms with E-state index in [1.165, 1.54) is 12.8 Å². The Balaban J connectivity index is 1.68. The second-order valence-corrected chi connectivity index (χ2v) is 7.35. The van der Waals surface area contributed by atoms with Crippen molar-refractivity contribution in [1.29, 1.82) is 0 Å². The summed E-state index contributed by atoms with van der Waals surface area (Å²) in [4.78, 5) is 12.6. The second kappa shape index (κ2) is 5.83. The van der Waals surface area contributed by atoms with E-state index in [1.807, 2.05) is 34.7 Å². The molecule has 0 atom stereocenters. The zero-order chi connectivity index (χ0) is 16.6. The SMILES string of the molecule is Cc1cnn(CCNC(=O)c2cc(C3CC3)nn2C(C)(C)C)c1. The summed E-state index contributed by atoms with van der Waals surface area (Å²) in [6.45, 7) is 9.43. The fourth-order valence-electron chi connectivity index (χ4n) is 2.61. The summed E-state index contributed by atoms with van der Waals surface area (Å²) in [5.41, 5.74) is 2.61. The van der Waals surface area contributed by atoms with Crippen LogP contribution in [0.1, 0.15) is 61.3 Å². The Morgan fingerprint density at radius 3 is 2.70 bits per heavy atom. The van der Waals surface area contributed by atoms with Crippen LogP contribution < -0.4 is 5.32 Å². The van der Waals surface area contributed by atoms with E-state index in [1.54, 1.807) is 0 Å². The summed E-state index contributed by atoms with van der Waals surface area (Å²) in [7, 11) is 0. The highest BCUT2D eigenvalue weighted by Gasteiger charge is 2.31. The standard InChI is InChI=1S/C17H25N5O/c1-12-10-19-21(11-12)8-7-18-16(23)15-9-14(13-5-6-13)20-22(15)17(2,3)4/h9-11,13H,5-8H2,1-4H3,(H,18,23). The summed E-state index contributed by atoms with van der Waals surface area (Å²) < 4.78 is 3.69. The lowest BCUT2D eigenvalue weighted by atomic mass is 10.1. The molecule has 0 aliphatic heterocycles. The van der Waals surface area contributed by atoms with Gasteiger partial charge in [0.05, 0.1) is 24.0 Å². The molecule has 1 amide bonds. The van der Waals surface area contributed by atoms with E-state index in [9.17, 15) is 4.79 Å². The van der Waals surface area contributed by atoms with Crippen molar-refractivity contribution in [2.75, 3.05) is 6.54 Å². The first kappa shape index (κ1) is 15.8. The normalized spacial score (nSPS) is 15.0. The maximum absolute atomic E-state index is 12.6. The van der Waals surface area contributed by atoms with Gasteiger partial charge in [-0.15, -0.1) is 0 Å². The Bertz CT molecular complexity index is 703. The van der Waals surface area contributed by atoms with Gasteiger partial charge in [0.2, 0.25) is 0 Å². The van der Waals surface area contributed by atoms with Crippen LogP contribution in [0.4, 0.5) is 0 Å². The molecule has 0 bridgehead atoms. The molecule has 2 heterocycles. The predicted molar refractivity (Wildman–Crippen MR) is 88.5 cm³/mol. The highest BCUT2D eigenvalue weighted by Crippen LogP contribution is 2.40. The van der Waals surface area contributed by atoms with Gasteiger partial charge in [0.15, 0.2) is 0 Å². The van der Waals surface area contributed by atoms with Crippen molar-refractivity contribution in [3.05, 3.63) is 35.4 Å². The van der Waals surface area contributed by atoms with E-state index in [4.69, 9.17) is 0 Å². The molecule has 2 aromatic heterocycles. The minimum atomic E-state index is -0.209. The first-order chi connectivity index (χ1) is 10.8. The molecule has 0 unspecified atom stereocenters. The Kier molecular flexibility index (Phi) is 4.00. The molecule has 6 nitrogen and oxygen atoms in total. The number of nitrogens with one attached hydrogen (secondary N) is 1. The summed E-state index contributed by atoms with van der Waals surface area (Å²) in [5, 5.41) is 11.9. The van der Waals surface area contributed by atoms with E-state index in [0.717, 1.165) is 11.3 Å². The molecule has 0 aromatic carbocycles. The van der Waals surface area contributed by atoms with Gasteiger partial charge in [0.25, 0.3) is 5.91 Å². The lowest BCUT2D eigenvalue weighted by Gasteiger charge is -2.22. The van der Waals surface area contributed by atoms with Gasteiger partial charge >= 0.3 is 0 Å². The third kappa shape index (κ3) is 3.63.